The zero-order valence-corrected chi connectivity index (χ0v) is 8.22. The summed E-state index contributed by atoms with van der Waals surface area (Å²) in [5.41, 5.74) is 3.55. The van der Waals surface area contributed by atoms with Crippen LogP contribution in [0.3, 0.4) is 0 Å². The van der Waals surface area contributed by atoms with Crippen molar-refractivity contribution < 1.29 is 0 Å². The highest BCUT2D eigenvalue weighted by molar-refractivity contribution is 5.46. The Morgan fingerprint density at radius 2 is 1.46 bits per heavy atom. The van der Waals surface area contributed by atoms with Crippen molar-refractivity contribution in [2.45, 2.75) is 37.8 Å². The van der Waals surface area contributed by atoms with Crippen LogP contribution < -0.4 is 5.32 Å². The van der Waals surface area contributed by atoms with E-state index >= 15 is 0 Å². The zero-order chi connectivity index (χ0) is 9.10. The minimum absolute atomic E-state index is 0.255. The average molecular weight is 173 g/mol. The number of fused-ring (bicyclic) bond motifs is 5. The van der Waals surface area contributed by atoms with Gasteiger partial charge < -0.3 is 0 Å². The van der Waals surface area contributed by atoms with Crippen LogP contribution >= 0.6 is 0 Å². The Morgan fingerprint density at radius 1 is 1.00 bits per heavy atom. The first-order valence-corrected chi connectivity index (χ1v) is 5.03. The lowest BCUT2D eigenvalue weighted by Crippen LogP contribution is -2.34. The van der Waals surface area contributed by atoms with E-state index in [4.69, 9.17) is 0 Å². The lowest BCUT2D eigenvalue weighted by Gasteiger charge is -2.24. The summed E-state index contributed by atoms with van der Waals surface area (Å²) in [6.07, 6.45) is 2.56. The van der Waals surface area contributed by atoms with Crippen LogP contribution in [-0.4, -0.2) is 0 Å². The molecular weight excluding hydrogens is 158 g/mol. The first-order valence-electron chi connectivity index (χ1n) is 5.03. The van der Waals surface area contributed by atoms with Crippen LogP contribution in [-0.2, 0) is 11.1 Å². The molecule has 0 radical (unpaired) electrons. The molecule has 2 bridgehead atoms. The van der Waals surface area contributed by atoms with E-state index in [-0.39, 0.29) is 11.1 Å². The molecule has 1 heteroatoms. The molecule has 68 valence electrons. The Kier molecular flexibility index (Phi) is 1.15. The summed E-state index contributed by atoms with van der Waals surface area (Å²) in [5, 5.41) is 3.75. The molecule has 1 fully saturated rings. The van der Waals surface area contributed by atoms with Crippen LogP contribution in [0.5, 0.6) is 0 Å². The van der Waals surface area contributed by atoms with E-state index in [0.717, 1.165) is 0 Å². The van der Waals surface area contributed by atoms with Gasteiger partial charge in [0.15, 0.2) is 0 Å². The molecule has 13 heavy (non-hydrogen) atoms. The minimum atomic E-state index is 0.255. The highest BCUT2D eigenvalue weighted by atomic mass is 15.1. The van der Waals surface area contributed by atoms with Gasteiger partial charge in [0.2, 0.25) is 0 Å². The van der Waals surface area contributed by atoms with Gasteiger partial charge in [-0.1, -0.05) is 24.3 Å². The molecule has 1 nitrogen and oxygen atoms in total. The minimum Gasteiger partial charge on any atom is -0.298 e. The zero-order valence-electron chi connectivity index (χ0n) is 8.22. The van der Waals surface area contributed by atoms with E-state index in [2.05, 4.69) is 43.4 Å². The van der Waals surface area contributed by atoms with Gasteiger partial charge in [0, 0.05) is 11.1 Å². The van der Waals surface area contributed by atoms with Crippen LogP contribution in [0.1, 0.15) is 37.8 Å². The van der Waals surface area contributed by atoms with Crippen molar-refractivity contribution in [3.8, 4) is 0 Å². The number of nitrogens with one attached hydrogen (secondary N) is 1. The molecule has 1 N–H and O–H groups in total. The molecule has 0 amide bonds. The summed E-state index contributed by atoms with van der Waals surface area (Å²) in [4.78, 5) is 0. The van der Waals surface area contributed by atoms with Gasteiger partial charge in [-0.05, 0) is 37.8 Å². The summed E-state index contributed by atoms with van der Waals surface area (Å²) in [6.45, 7) is 4.65. The van der Waals surface area contributed by atoms with Crippen molar-refractivity contribution in [1.82, 2.24) is 5.32 Å². The fourth-order valence-corrected chi connectivity index (χ4v) is 3.08. The maximum absolute atomic E-state index is 3.75. The van der Waals surface area contributed by atoms with Crippen molar-refractivity contribution in [1.29, 1.82) is 0 Å². The van der Waals surface area contributed by atoms with Gasteiger partial charge in [0.05, 0.1) is 0 Å². The SMILES string of the molecule is CC12CCC(C)(N1)c1ccccc12. The third-order valence-corrected chi connectivity index (χ3v) is 3.79. The molecule has 3 rings (SSSR count). The summed E-state index contributed by atoms with van der Waals surface area (Å²) in [7, 11) is 0. The van der Waals surface area contributed by atoms with Gasteiger partial charge in [-0.15, -0.1) is 0 Å². The molecule has 0 saturated carbocycles. The van der Waals surface area contributed by atoms with E-state index < -0.39 is 0 Å². The van der Waals surface area contributed by atoms with Crippen LogP contribution in [0.4, 0.5) is 0 Å². The van der Waals surface area contributed by atoms with Gasteiger partial charge in [-0.3, -0.25) is 5.32 Å². The quantitative estimate of drug-likeness (QED) is 0.635. The number of benzene rings is 1. The Hall–Kier alpha value is -0.820. The highest BCUT2D eigenvalue weighted by Crippen LogP contribution is 2.52. The van der Waals surface area contributed by atoms with Crippen LogP contribution in [0.25, 0.3) is 0 Å². The Morgan fingerprint density at radius 3 is 1.92 bits per heavy atom. The second kappa shape index (κ2) is 1.98. The van der Waals surface area contributed by atoms with Gasteiger partial charge in [-0.2, -0.15) is 0 Å². The molecule has 2 heterocycles. The molecule has 1 saturated heterocycles. The number of hydrogen-bond acceptors (Lipinski definition) is 1. The fourth-order valence-electron chi connectivity index (χ4n) is 3.08. The predicted octanol–water partition coefficient (Wildman–Crippen LogP) is 2.51. The van der Waals surface area contributed by atoms with Crippen LogP contribution in [0.15, 0.2) is 24.3 Å². The molecule has 0 aromatic heterocycles. The third kappa shape index (κ3) is 0.761. The molecule has 2 unspecified atom stereocenters. The van der Waals surface area contributed by atoms with Gasteiger partial charge >= 0.3 is 0 Å². The van der Waals surface area contributed by atoms with Crippen LogP contribution in [0.2, 0.25) is 0 Å². The third-order valence-electron chi connectivity index (χ3n) is 3.79. The molecule has 0 aliphatic carbocycles. The summed E-state index contributed by atoms with van der Waals surface area (Å²) < 4.78 is 0. The lowest BCUT2D eigenvalue weighted by atomic mass is 9.78. The van der Waals surface area contributed by atoms with Gasteiger partial charge in [-0.25, -0.2) is 0 Å². The maximum atomic E-state index is 3.75. The fraction of sp³-hybridized carbons (Fsp3) is 0.500. The van der Waals surface area contributed by atoms with E-state index in [9.17, 15) is 0 Å². The normalized spacial score (nSPS) is 40.8. The molecule has 1 aromatic carbocycles. The van der Waals surface area contributed by atoms with Gasteiger partial charge in [0.1, 0.15) is 0 Å². The standard InChI is InChI=1S/C12H15N/c1-11-7-8-12(2,13-11)10-6-4-3-5-9(10)11/h3-6,13H,7-8H2,1-2H3. The first-order chi connectivity index (χ1) is 6.14. The monoisotopic (exact) mass is 173 g/mol. The molecule has 1 aromatic rings. The van der Waals surface area contributed by atoms with Crippen molar-refractivity contribution in [3.05, 3.63) is 35.4 Å². The largest absolute Gasteiger partial charge is 0.298 e. The van der Waals surface area contributed by atoms with E-state index in [1.165, 1.54) is 24.0 Å². The van der Waals surface area contributed by atoms with E-state index in [0.29, 0.717) is 0 Å². The topological polar surface area (TPSA) is 12.0 Å². The van der Waals surface area contributed by atoms with Gasteiger partial charge in [0.25, 0.3) is 0 Å². The Labute approximate surface area is 79.2 Å². The second-order valence-corrected chi connectivity index (χ2v) is 4.83. The molecule has 2 atom stereocenters. The van der Waals surface area contributed by atoms with E-state index in [1.54, 1.807) is 0 Å². The summed E-state index contributed by atoms with van der Waals surface area (Å²) in [5.74, 6) is 0. The van der Waals surface area contributed by atoms with E-state index in [1.807, 2.05) is 0 Å². The highest BCUT2D eigenvalue weighted by Gasteiger charge is 2.51. The summed E-state index contributed by atoms with van der Waals surface area (Å²) >= 11 is 0. The molecule has 2 aliphatic rings. The molecule has 0 spiro atoms. The summed E-state index contributed by atoms with van der Waals surface area (Å²) in [6, 6.07) is 8.84. The average Bonchev–Trinajstić information content (AvgIpc) is 2.55. The first kappa shape index (κ1) is 7.57. The van der Waals surface area contributed by atoms with Crippen molar-refractivity contribution in [2.75, 3.05) is 0 Å². The molecule has 2 aliphatic heterocycles. The Bertz CT molecular complexity index is 336. The van der Waals surface area contributed by atoms with Crippen molar-refractivity contribution in [3.63, 3.8) is 0 Å². The smallest absolute Gasteiger partial charge is 0.0417 e. The molecular formula is C12H15N. The predicted molar refractivity (Wildman–Crippen MR) is 53.5 cm³/mol. The second-order valence-electron chi connectivity index (χ2n) is 4.83. The Balaban J connectivity index is 2.31. The van der Waals surface area contributed by atoms with Crippen LogP contribution in [0, 0.1) is 0 Å². The number of rotatable bonds is 0. The van der Waals surface area contributed by atoms with Crippen molar-refractivity contribution >= 4 is 0 Å². The van der Waals surface area contributed by atoms with Crippen molar-refractivity contribution in [2.24, 2.45) is 0 Å². The number of hydrogen-bond donors (Lipinski definition) is 1. The lowest BCUT2D eigenvalue weighted by molar-refractivity contribution is 0.391. The maximum Gasteiger partial charge on any atom is 0.0417 e.